The van der Waals surface area contributed by atoms with Gasteiger partial charge in [-0.25, -0.2) is 0 Å². The second-order valence-electron chi connectivity index (χ2n) is 6.92. The second kappa shape index (κ2) is 9.75. The molecule has 0 aliphatic carbocycles. The predicted molar refractivity (Wildman–Crippen MR) is 112 cm³/mol. The molecule has 1 unspecified atom stereocenters. The number of rotatable bonds is 9. The molecule has 0 fully saturated rings. The van der Waals surface area contributed by atoms with Gasteiger partial charge in [-0.1, -0.05) is 91.5 Å². The Morgan fingerprint density at radius 3 is 1.74 bits per heavy atom. The lowest BCUT2D eigenvalue weighted by Gasteiger charge is -2.20. The predicted octanol–water partition coefficient (Wildman–Crippen LogP) is 5.88. The lowest BCUT2D eigenvalue weighted by Crippen LogP contribution is -2.15. The zero-order valence-corrected chi connectivity index (χ0v) is 15.6. The lowest BCUT2D eigenvalue weighted by atomic mass is 9.88. The Bertz CT molecular complexity index is 825. The standard InChI is InChI=1S/C25H27NO/c1-20(26-27)25(23-14-6-3-7-15-23)24-18-16-22(17-19-24)13-9-8-12-21-10-4-2-5-11-21/h2-7,10-11,14-19,25-27H,1,8-9,12-13H2. The third-order valence-electron chi connectivity index (χ3n) is 4.96. The third-order valence-corrected chi connectivity index (χ3v) is 4.96. The summed E-state index contributed by atoms with van der Waals surface area (Å²) in [6, 6.07) is 29.5. The van der Waals surface area contributed by atoms with E-state index in [1.54, 1.807) is 0 Å². The van der Waals surface area contributed by atoms with Crippen LogP contribution in [-0.2, 0) is 12.8 Å². The summed E-state index contributed by atoms with van der Waals surface area (Å²) in [5.41, 5.74) is 7.82. The second-order valence-corrected chi connectivity index (χ2v) is 6.92. The van der Waals surface area contributed by atoms with Gasteiger partial charge in [0.15, 0.2) is 0 Å². The first kappa shape index (κ1) is 18.9. The van der Waals surface area contributed by atoms with Crippen LogP contribution in [0.5, 0.6) is 0 Å². The fourth-order valence-corrected chi connectivity index (χ4v) is 3.48. The summed E-state index contributed by atoms with van der Waals surface area (Å²) < 4.78 is 0. The van der Waals surface area contributed by atoms with Gasteiger partial charge in [0.25, 0.3) is 0 Å². The van der Waals surface area contributed by atoms with Gasteiger partial charge >= 0.3 is 0 Å². The molecule has 27 heavy (non-hydrogen) atoms. The number of unbranched alkanes of at least 4 members (excludes halogenated alkanes) is 1. The van der Waals surface area contributed by atoms with Crippen molar-refractivity contribution in [1.82, 2.24) is 5.48 Å². The Kier molecular flexibility index (Phi) is 6.84. The Morgan fingerprint density at radius 1 is 0.704 bits per heavy atom. The molecule has 2 heteroatoms. The highest BCUT2D eigenvalue weighted by molar-refractivity contribution is 5.40. The molecule has 0 saturated heterocycles. The molecule has 2 nitrogen and oxygen atoms in total. The van der Waals surface area contributed by atoms with Crippen molar-refractivity contribution in [2.24, 2.45) is 0 Å². The number of hydrogen-bond donors (Lipinski definition) is 2. The van der Waals surface area contributed by atoms with Crippen molar-refractivity contribution in [2.45, 2.75) is 31.6 Å². The summed E-state index contributed by atoms with van der Waals surface area (Å²) in [7, 11) is 0. The van der Waals surface area contributed by atoms with Crippen molar-refractivity contribution >= 4 is 0 Å². The Morgan fingerprint density at radius 2 is 1.19 bits per heavy atom. The van der Waals surface area contributed by atoms with E-state index < -0.39 is 0 Å². The van der Waals surface area contributed by atoms with Gasteiger partial charge in [-0.2, -0.15) is 0 Å². The number of hydroxylamine groups is 1. The number of allylic oxidation sites excluding steroid dienone is 1. The average molecular weight is 357 g/mol. The highest BCUT2D eigenvalue weighted by Crippen LogP contribution is 2.29. The minimum absolute atomic E-state index is 0.0664. The molecule has 138 valence electrons. The molecule has 2 N–H and O–H groups in total. The fraction of sp³-hybridized carbons (Fsp3) is 0.200. The topological polar surface area (TPSA) is 32.3 Å². The molecule has 0 heterocycles. The molecule has 0 bridgehead atoms. The first-order chi connectivity index (χ1) is 13.3. The molecule has 3 aromatic carbocycles. The minimum Gasteiger partial charge on any atom is -0.291 e. The van der Waals surface area contributed by atoms with E-state index in [1.807, 2.05) is 18.2 Å². The molecular weight excluding hydrogens is 330 g/mol. The van der Waals surface area contributed by atoms with Crippen molar-refractivity contribution in [2.75, 3.05) is 0 Å². The van der Waals surface area contributed by atoms with Gasteiger partial charge in [-0.15, -0.1) is 0 Å². The van der Waals surface area contributed by atoms with Crippen LogP contribution in [0.15, 0.2) is 97.2 Å². The molecule has 0 amide bonds. The van der Waals surface area contributed by atoms with E-state index in [2.05, 4.69) is 78.8 Å². The highest BCUT2D eigenvalue weighted by atomic mass is 16.5. The zero-order chi connectivity index (χ0) is 18.9. The normalized spacial score (nSPS) is 11.7. The maximum atomic E-state index is 9.37. The van der Waals surface area contributed by atoms with Crippen molar-refractivity contribution in [3.8, 4) is 0 Å². The van der Waals surface area contributed by atoms with E-state index in [9.17, 15) is 5.21 Å². The van der Waals surface area contributed by atoms with Crippen LogP contribution in [0.1, 0.15) is 41.0 Å². The summed E-state index contributed by atoms with van der Waals surface area (Å²) in [5.74, 6) is -0.0664. The molecule has 0 radical (unpaired) electrons. The maximum absolute atomic E-state index is 9.37. The number of hydrogen-bond acceptors (Lipinski definition) is 2. The molecule has 0 aliphatic heterocycles. The van der Waals surface area contributed by atoms with Crippen molar-refractivity contribution in [1.29, 1.82) is 0 Å². The maximum Gasteiger partial charge on any atom is 0.0504 e. The molecule has 0 spiro atoms. The van der Waals surface area contributed by atoms with Crippen molar-refractivity contribution in [3.63, 3.8) is 0 Å². The van der Waals surface area contributed by atoms with E-state index in [1.165, 1.54) is 24.0 Å². The number of benzene rings is 3. The summed E-state index contributed by atoms with van der Waals surface area (Å²) in [6.45, 7) is 3.98. The number of nitrogens with one attached hydrogen (secondary N) is 1. The monoisotopic (exact) mass is 357 g/mol. The van der Waals surface area contributed by atoms with Gasteiger partial charge in [0.1, 0.15) is 0 Å². The van der Waals surface area contributed by atoms with Crippen LogP contribution in [0.3, 0.4) is 0 Å². The smallest absolute Gasteiger partial charge is 0.0504 e. The van der Waals surface area contributed by atoms with Crippen LogP contribution in [0, 0.1) is 0 Å². The van der Waals surface area contributed by atoms with Gasteiger partial charge < -0.3 is 0 Å². The molecule has 0 saturated carbocycles. The van der Waals surface area contributed by atoms with Gasteiger partial charge in [-0.05, 0) is 47.9 Å². The zero-order valence-electron chi connectivity index (χ0n) is 15.6. The van der Waals surface area contributed by atoms with Crippen molar-refractivity contribution in [3.05, 3.63) is 119 Å². The summed E-state index contributed by atoms with van der Waals surface area (Å²) in [4.78, 5) is 0. The lowest BCUT2D eigenvalue weighted by molar-refractivity contribution is 0.195. The van der Waals surface area contributed by atoms with E-state index in [4.69, 9.17) is 0 Å². The van der Waals surface area contributed by atoms with Gasteiger partial charge in [0.2, 0.25) is 0 Å². The number of aryl methyl sites for hydroxylation is 2. The van der Waals surface area contributed by atoms with E-state index in [-0.39, 0.29) is 5.92 Å². The minimum atomic E-state index is -0.0664. The molecule has 3 aromatic rings. The Balaban J connectivity index is 1.60. The summed E-state index contributed by atoms with van der Waals surface area (Å²) in [5, 5.41) is 9.37. The average Bonchev–Trinajstić information content (AvgIpc) is 2.74. The summed E-state index contributed by atoms with van der Waals surface area (Å²) >= 11 is 0. The van der Waals surface area contributed by atoms with Crippen LogP contribution >= 0.6 is 0 Å². The Hall–Kier alpha value is -2.84. The molecule has 0 aliphatic rings. The van der Waals surface area contributed by atoms with Crippen LogP contribution < -0.4 is 5.48 Å². The van der Waals surface area contributed by atoms with Crippen LogP contribution in [-0.4, -0.2) is 5.21 Å². The van der Waals surface area contributed by atoms with Crippen LogP contribution in [0.25, 0.3) is 0 Å². The molecule has 1 atom stereocenters. The van der Waals surface area contributed by atoms with E-state index in [0.717, 1.165) is 24.0 Å². The van der Waals surface area contributed by atoms with E-state index >= 15 is 0 Å². The Labute approximate surface area is 162 Å². The first-order valence-corrected chi connectivity index (χ1v) is 9.54. The largest absolute Gasteiger partial charge is 0.291 e. The highest BCUT2D eigenvalue weighted by Gasteiger charge is 2.17. The van der Waals surface area contributed by atoms with Gasteiger partial charge in [0, 0.05) is 5.70 Å². The van der Waals surface area contributed by atoms with Crippen LogP contribution in [0.4, 0.5) is 0 Å². The third kappa shape index (κ3) is 5.32. The molecule has 0 aromatic heterocycles. The van der Waals surface area contributed by atoms with Gasteiger partial charge in [-0.3, -0.25) is 10.7 Å². The van der Waals surface area contributed by atoms with E-state index in [0.29, 0.717) is 5.70 Å². The molecular formula is C25H27NO. The van der Waals surface area contributed by atoms with Gasteiger partial charge in [0.05, 0.1) is 5.92 Å². The fourth-order valence-electron chi connectivity index (χ4n) is 3.48. The SMILES string of the molecule is C=C(NO)C(c1ccccc1)c1ccc(CCCCc2ccccc2)cc1. The first-order valence-electron chi connectivity index (χ1n) is 9.54. The summed E-state index contributed by atoms with van der Waals surface area (Å²) in [6.07, 6.45) is 4.60. The quantitative estimate of drug-likeness (QED) is 0.370. The molecule has 3 rings (SSSR count). The van der Waals surface area contributed by atoms with Crippen molar-refractivity contribution < 1.29 is 5.21 Å². The van der Waals surface area contributed by atoms with Crippen LogP contribution in [0.2, 0.25) is 0 Å².